The van der Waals surface area contributed by atoms with Crippen molar-refractivity contribution < 1.29 is 48.0 Å². The molecule has 5 rings (SSSR count). The molecule has 69 heavy (non-hydrogen) atoms. The van der Waals surface area contributed by atoms with Crippen LogP contribution in [0.4, 0.5) is 17.3 Å². The molecule has 0 fully saturated rings. The molecule has 8 N–H and O–H groups in total. The van der Waals surface area contributed by atoms with Crippen LogP contribution in [0.2, 0.25) is 0 Å². The maximum Gasteiger partial charge on any atom is 0.257 e. The number of aryl methyl sites for hydroxylation is 1. The van der Waals surface area contributed by atoms with E-state index >= 15 is 0 Å². The molecule has 1 aromatic heterocycles. The number of anilines is 1. The second kappa shape index (κ2) is 29.8. The quantitative estimate of drug-likeness (QED) is 0.0169. The summed E-state index contributed by atoms with van der Waals surface area (Å²) in [5.74, 6) is -1.05. The van der Waals surface area contributed by atoms with Crippen molar-refractivity contribution in [1.29, 1.82) is 0 Å². The van der Waals surface area contributed by atoms with E-state index in [1.807, 2.05) is 29.7 Å². The molecule has 4 amide bonds. The van der Waals surface area contributed by atoms with Crippen LogP contribution in [0.5, 0.6) is 5.75 Å². The van der Waals surface area contributed by atoms with Gasteiger partial charge in [0, 0.05) is 55.6 Å². The fourth-order valence-corrected chi connectivity index (χ4v) is 6.62. The summed E-state index contributed by atoms with van der Waals surface area (Å²) < 4.78 is 29.7. The zero-order valence-corrected chi connectivity index (χ0v) is 39.0. The highest BCUT2D eigenvalue weighted by Gasteiger charge is 2.16. The number of hydrogen-bond donors (Lipinski definition) is 6. The highest BCUT2D eigenvalue weighted by atomic mass is 16.6. The normalized spacial score (nSPS) is 11.4. The number of aromatic hydroxyl groups is 1. The van der Waals surface area contributed by atoms with Gasteiger partial charge in [0.05, 0.1) is 69.6 Å². The number of benzene rings is 4. The van der Waals surface area contributed by atoms with Gasteiger partial charge in [0.25, 0.3) is 11.8 Å². The predicted molar refractivity (Wildman–Crippen MR) is 262 cm³/mol. The number of nitrogens with one attached hydrogen (secondary N) is 3. The molecule has 0 radical (unpaired) electrons. The first-order chi connectivity index (χ1) is 33.6. The van der Waals surface area contributed by atoms with Crippen LogP contribution in [0.1, 0.15) is 68.4 Å². The molecule has 0 aliphatic rings. The molecule has 1 heterocycles. The number of nitrogens with two attached hydrogens (primary N) is 2. The van der Waals surface area contributed by atoms with E-state index in [9.17, 15) is 24.3 Å². The van der Waals surface area contributed by atoms with Crippen LogP contribution in [-0.2, 0) is 41.4 Å². The van der Waals surface area contributed by atoms with Gasteiger partial charge in [0.1, 0.15) is 11.4 Å². The van der Waals surface area contributed by atoms with E-state index in [1.54, 1.807) is 66.7 Å². The number of azo groups is 1. The van der Waals surface area contributed by atoms with E-state index in [0.29, 0.717) is 140 Å². The number of aromatic nitrogens is 2. The molecule has 0 atom stereocenters. The molecule has 0 saturated carbocycles. The standard InChI is InChI=1S/C50H63N9O10/c1-2-22-59-44-15-8-36(33-42(44)55-50(59)56-49(64)40-7-3-6-39(35-40)47(52)62)10-17-46(61)53-20-4-23-65-25-27-67-29-31-69-32-30-68-28-26-66-24-5-21-54-48(63)38-11-13-41(14-12-38)57-58-43-34-37(18-19-51)9-16-45(43)60/h3,6-17,33-35,60H,2,4-5,18-32,51H2,1H3,(H2,52,62)(H,53,61)(H,54,63)(H,55,56,64)/b17-10+,58-57?. The van der Waals surface area contributed by atoms with Crippen LogP contribution in [-0.4, -0.2) is 124 Å². The Kier molecular flexibility index (Phi) is 22.9. The monoisotopic (exact) mass is 949 g/mol. The fraction of sp³-hybridized carbons (Fsp3) is 0.380. The number of phenolic OH excluding ortho intramolecular Hbond substituents is 1. The van der Waals surface area contributed by atoms with Crippen LogP contribution in [0.15, 0.2) is 101 Å². The van der Waals surface area contributed by atoms with Crippen LogP contribution in [0.3, 0.4) is 0 Å². The van der Waals surface area contributed by atoms with Gasteiger partial charge >= 0.3 is 0 Å². The molecule has 0 unspecified atom stereocenters. The zero-order chi connectivity index (χ0) is 49.1. The SMILES string of the molecule is CCCn1c(NC(=O)c2cccc(C(N)=O)c2)nc2cc(/C=C/C(=O)NCCCOCCOCCOCCOCCOCCCNC(=O)c3ccc(N=Nc4cc(CCN)ccc4O)cc3)ccc21. The third-order valence-corrected chi connectivity index (χ3v) is 10.2. The van der Waals surface area contributed by atoms with E-state index in [0.717, 1.165) is 23.1 Å². The molecule has 0 aliphatic heterocycles. The van der Waals surface area contributed by atoms with Crippen molar-refractivity contribution >= 4 is 58.1 Å². The molecule has 5 aromatic rings. The number of carbonyl (C=O) groups is 4. The summed E-state index contributed by atoms with van der Waals surface area (Å²) in [4.78, 5) is 54.2. The smallest absolute Gasteiger partial charge is 0.257 e. The van der Waals surface area contributed by atoms with Crippen molar-refractivity contribution in [2.24, 2.45) is 21.7 Å². The van der Waals surface area contributed by atoms with Crippen LogP contribution in [0, 0.1) is 0 Å². The van der Waals surface area contributed by atoms with Crippen molar-refractivity contribution in [2.45, 2.75) is 39.2 Å². The van der Waals surface area contributed by atoms with E-state index < -0.39 is 11.8 Å². The van der Waals surface area contributed by atoms with Crippen molar-refractivity contribution in [3.63, 3.8) is 0 Å². The van der Waals surface area contributed by atoms with Gasteiger partial charge in [-0.15, -0.1) is 5.11 Å². The highest BCUT2D eigenvalue weighted by molar-refractivity contribution is 6.06. The number of phenols is 1. The summed E-state index contributed by atoms with van der Waals surface area (Å²) in [6, 6.07) is 23.7. The average molecular weight is 950 g/mol. The number of carbonyl (C=O) groups excluding carboxylic acids is 4. The lowest BCUT2D eigenvalue weighted by Gasteiger charge is -2.09. The Balaban J connectivity index is 0.811. The minimum Gasteiger partial charge on any atom is -0.506 e. The molecule has 0 aliphatic carbocycles. The third kappa shape index (κ3) is 18.6. The predicted octanol–water partition coefficient (Wildman–Crippen LogP) is 5.84. The first kappa shape index (κ1) is 53.1. The maximum atomic E-state index is 13.0. The number of hydrogen-bond acceptors (Lipinski definition) is 14. The molecule has 0 spiro atoms. The first-order valence-electron chi connectivity index (χ1n) is 23.0. The van der Waals surface area contributed by atoms with Gasteiger partial charge in [-0.05, 0) is 116 Å². The molecular formula is C50H63N9O10. The Hall–Kier alpha value is -6.87. The fourth-order valence-electron chi connectivity index (χ4n) is 6.62. The molecule has 0 bridgehead atoms. The Morgan fingerprint density at radius 3 is 1.99 bits per heavy atom. The number of rotatable bonds is 32. The van der Waals surface area contributed by atoms with E-state index in [2.05, 4.69) is 31.2 Å². The van der Waals surface area contributed by atoms with Crippen molar-refractivity contribution in [3.8, 4) is 5.75 Å². The van der Waals surface area contributed by atoms with Crippen molar-refractivity contribution in [2.75, 3.05) is 91.0 Å². The van der Waals surface area contributed by atoms with Crippen molar-refractivity contribution in [3.05, 3.63) is 119 Å². The number of ether oxygens (including phenoxy) is 5. The zero-order valence-electron chi connectivity index (χ0n) is 39.0. The molecule has 0 saturated heterocycles. The molecule has 19 heteroatoms. The van der Waals surface area contributed by atoms with E-state index in [1.165, 1.54) is 12.1 Å². The first-order valence-corrected chi connectivity index (χ1v) is 23.0. The van der Waals surface area contributed by atoms with Gasteiger partial charge < -0.3 is 55.5 Å². The second-order valence-electron chi connectivity index (χ2n) is 15.5. The van der Waals surface area contributed by atoms with Crippen LogP contribution >= 0.6 is 0 Å². The molecule has 368 valence electrons. The summed E-state index contributed by atoms with van der Waals surface area (Å²) in [7, 11) is 0. The summed E-state index contributed by atoms with van der Waals surface area (Å²) in [5.41, 5.74) is 16.1. The van der Waals surface area contributed by atoms with Gasteiger partial charge in [-0.2, -0.15) is 5.11 Å². The van der Waals surface area contributed by atoms with Gasteiger partial charge in [-0.25, -0.2) is 4.98 Å². The maximum absolute atomic E-state index is 13.0. The highest BCUT2D eigenvalue weighted by Crippen LogP contribution is 2.29. The van der Waals surface area contributed by atoms with Crippen LogP contribution < -0.4 is 27.4 Å². The number of imidazole rings is 1. The lowest BCUT2D eigenvalue weighted by atomic mass is 10.1. The number of nitrogens with zero attached hydrogens (tertiary/aromatic N) is 4. The Labute approximate surface area is 401 Å². The summed E-state index contributed by atoms with van der Waals surface area (Å²) in [5, 5.41) is 26.9. The summed E-state index contributed by atoms with van der Waals surface area (Å²) in [6.45, 7) is 8.47. The molecule has 4 aromatic carbocycles. The Bertz CT molecular complexity index is 2480. The minimum absolute atomic E-state index is 0.0287. The lowest BCUT2D eigenvalue weighted by Crippen LogP contribution is -2.25. The third-order valence-electron chi connectivity index (χ3n) is 10.2. The van der Waals surface area contributed by atoms with Gasteiger partial charge in [-0.1, -0.05) is 25.1 Å². The van der Waals surface area contributed by atoms with Gasteiger partial charge in [-0.3, -0.25) is 24.5 Å². The summed E-state index contributed by atoms with van der Waals surface area (Å²) in [6.07, 6.45) is 5.95. The lowest BCUT2D eigenvalue weighted by molar-refractivity contribution is -0.116. The number of primary amides is 1. The molecular weight excluding hydrogens is 887 g/mol. The number of amides is 4. The van der Waals surface area contributed by atoms with Crippen LogP contribution in [0.25, 0.3) is 17.1 Å². The van der Waals surface area contributed by atoms with E-state index in [4.69, 9.17) is 35.2 Å². The van der Waals surface area contributed by atoms with Gasteiger partial charge in [0.15, 0.2) is 0 Å². The van der Waals surface area contributed by atoms with Gasteiger partial charge in [0.2, 0.25) is 17.8 Å². The Morgan fingerprint density at radius 2 is 1.35 bits per heavy atom. The largest absolute Gasteiger partial charge is 0.506 e. The average Bonchev–Trinajstić information content (AvgIpc) is 3.69. The molecule has 19 nitrogen and oxygen atoms in total. The van der Waals surface area contributed by atoms with E-state index in [-0.39, 0.29) is 28.7 Å². The topological polar surface area (TPSA) is 265 Å². The summed E-state index contributed by atoms with van der Waals surface area (Å²) >= 11 is 0. The Morgan fingerprint density at radius 1 is 0.710 bits per heavy atom. The second-order valence-corrected chi connectivity index (χ2v) is 15.5. The minimum atomic E-state index is -0.618. The number of fused-ring (bicyclic) bond motifs is 1. The van der Waals surface area contributed by atoms with Crippen molar-refractivity contribution in [1.82, 2.24) is 20.2 Å².